The number of benzene rings is 2. The Kier molecular flexibility index (Phi) is 4.14. The molecule has 21 heavy (non-hydrogen) atoms. The molecule has 0 fully saturated rings. The molecular formula is C15H12ClF2NO2. The van der Waals surface area contributed by atoms with Crippen LogP contribution in [-0.4, -0.2) is 11.1 Å². The molecule has 2 N–H and O–H groups in total. The zero-order valence-corrected chi connectivity index (χ0v) is 11.8. The molecule has 2 aromatic rings. The lowest BCUT2D eigenvalue weighted by atomic mass is 9.91. The first-order valence-electron chi connectivity index (χ1n) is 6.05. The molecule has 0 aliphatic heterocycles. The first-order valence-corrected chi connectivity index (χ1v) is 6.43. The summed E-state index contributed by atoms with van der Waals surface area (Å²) in [4.78, 5) is 11.6. The van der Waals surface area contributed by atoms with Crippen molar-refractivity contribution in [1.29, 1.82) is 0 Å². The number of carboxylic acids is 1. The molecule has 110 valence electrons. The summed E-state index contributed by atoms with van der Waals surface area (Å²) >= 11 is 5.94. The summed E-state index contributed by atoms with van der Waals surface area (Å²) in [5.74, 6) is -2.29. The van der Waals surface area contributed by atoms with Crippen LogP contribution in [0.4, 0.5) is 14.5 Å². The van der Waals surface area contributed by atoms with E-state index in [0.717, 1.165) is 12.1 Å². The molecule has 2 aromatic carbocycles. The van der Waals surface area contributed by atoms with Crippen LogP contribution in [0.25, 0.3) is 0 Å². The van der Waals surface area contributed by atoms with Gasteiger partial charge in [-0.3, -0.25) is 0 Å². The molecule has 0 radical (unpaired) electrons. The van der Waals surface area contributed by atoms with Crippen molar-refractivity contribution in [3.63, 3.8) is 0 Å². The SMILES string of the molecule is CC(Nc1cccc(F)c1)(C(=O)O)c1ccc(F)cc1Cl. The molecule has 3 nitrogen and oxygen atoms in total. The topological polar surface area (TPSA) is 49.3 Å². The van der Waals surface area contributed by atoms with Gasteiger partial charge in [0, 0.05) is 16.3 Å². The van der Waals surface area contributed by atoms with Crippen molar-refractivity contribution in [2.24, 2.45) is 0 Å². The largest absolute Gasteiger partial charge is 0.479 e. The van der Waals surface area contributed by atoms with Gasteiger partial charge in [0.2, 0.25) is 0 Å². The zero-order chi connectivity index (χ0) is 15.6. The molecule has 0 heterocycles. The zero-order valence-electron chi connectivity index (χ0n) is 11.0. The van der Waals surface area contributed by atoms with Gasteiger partial charge in [0.05, 0.1) is 0 Å². The second-order valence-electron chi connectivity index (χ2n) is 4.69. The van der Waals surface area contributed by atoms with Crippen molar-refractivity contribution in [3.8, 4) is 0 Å². The van der Waals surface area contributed by atoms with Gasteiger partial charge in [0.1, 0.15) is 11.6 Å². The quantitative estimate of drug-likeness (QED) is 0.896. The van der Waals surface area contributed by atoms with E-state index in [1.165, 1.54) is 37.3 Å². The molecule has 1 atom stereocenters. The summed E-state index contributed by atoms with van der Waals surface area (Å²) < 4.78 is 26.3. The lowest BCUT2D eigenvalue weighted by Gasteiger charge is -2.29. The van der Waals surface area contributed by atoms with E-state index in [2.05, 4.69) is 5.32 Å². The van der Waals surface area contributed by atoms with E-state index in [1.54, 1.807) is 0 Å². The number of anilines is 1. The summed E-state index contributed by atoms with van der Waals surface area (Å²) in [6.07, 6.45) is 0. The molecule has 1 unspecified atom stereocenters. The van der Waals surface area contributed by atoms with Gasteiger partial charge in [0.25, 0.3) is 0 Å². The predicted octanol–water partition coefficient (Wildman–Crippen LogP) is 4.03. The van der Waals surface area contributed by atoms with Gasteiger partial charge >= 0.3 is 5.97 Å². The van der Waals surface area contributed by atoms with Crippen molar-refractivity contribution in [1.82, 2.24) is 0 Å². The smallest absolute Gasteiger partial charge is 0.333 e. The van der Waals surface area contributed by atoms with Crippen LogP contribution in [0.15, 0.2) is 42.5 Å². The van der Waals surface area contributed by atoms with E-state index < -0.39 is 23.1 Å². The van der Waals surface area contributed by atoms with Gasteiger partial charge in [-0.2, -0.15) is 0 Å². The number of carboxylic acid groups (broad SMARTS) is 1. The Morgan fingerprint density at radius 2 is 1.86 bits per heavy atom. The third kappa shape index (κ3) is 3.13. The minimum Gasteiger partial charge on any atom is -0.479 e. The third-order valence-electron chi connectivity index (χ3n) is 3.12. The molecular weight excluding hydrogens is 300 g/mol. The number of carbonyl (C=O) groups is 1. The van der Waals surface area contributed by atoms with Crippen molar-refractivity contribution in [3.05, 3.63) is 64.7 Å². The average molecular weight is 312 g/mol. The molecule has 0 aliphatic carbocycles. The molecule has 0 saturated carbocycles. The number of rotatable bonds is 4. The maximum Gasteiger partial charge on any atom is 0.333 e. The summed E-state index contributed by atoms with van der Waals surface area (Å²) in [6.45, 7) is 1.37. The fourth-order valence-corrected chi connectivity index (χ4v) is 2.34. The number of nitrogens with one attached hydrogen (secondary N) is 1. The van der Waals surface area contributed by atoms with E-state index in [1.807, 2.05) is 0 Å². The lowest BCUT2D eigenvalue weighted by Crippen LogP contribution is -2.40. The van der Waals surface area contributed by atoms with Gasteiger partial charge in [-0.05, 0) is 37.3 Å². The summed E-state index contributed by atoms with van der Waals surface area (Å²) in [6, 6.07) is 8.83. The Bertz CT molecular complexity index is 693. The Labute approximate surface area is 125 Å². The van der Waals surface area contributed by atoms with E-state index in [9.17, 15) is 18.7 Å². The number of aliphatic carboxylic acids is 1. The lowest BCUT2D eigenvalue weighted by molar-refractivity contribution is -0.142. The van der Waals surface area contributed by atoms with Crippen LogP contribution >= 0.6 is 11.6 Å². The standard InChI is InChI=1S/C15H12ClF2NO2/c1-15(14(20)21,12-6-5-10(18)8-13(12)16)19-11-4-2-3-9(17)7-11/h2-8,19H,1H3,(H,20,21). The maximum absolute atomic E-state index is 13.2. The van der Waals surface area contributed by atoms with E-state index in [4.69, 9.17) is 11.6 Å². The monoisotopic (exact) mass is 311 g/mol. The van der Waals surface area contributed by atoms with Crippen LogP contribution in [0.1, 0.15) is 12.5 Å². The van der Waals surface area contributed by atoms with E-state index in [-0.39, 0.29) is 16.3 Å². The van der Waals surface area contributed by atoms with Gasteiger partial charge in [-0.15, -0.1) is 0 Å². The predicted molar refractivity (Wildman–Crippen MR) is 76.4 cm³/mol. The van der Waals surface area contributed by atoms with Crippen molar-refractivity contribution in [2.75, 3.05) is 5.32 Å². The second kappa shape index (κ2) is 5.69. The van der Waals surface area contributed by atoms with Crippen LogP contribution in [-0.2, 0) is 10.3 Å². The van der Waals surface area contributed by atoms with Gasteiger partial charge in [0.15, 0.2) is 5.54 Å². The average Bonchev–Trinajstić information content (AvgIpc) is 2.38. The highest BCUT2D eigenvalue weighted by Crippen LogP contribution is 2.32. The normalized spacial score (nSPS) is 13.5. The van der Waals surface area contributed by atoms with Gasteiger partial charge in [-0.1, -0.05) is 23.7 Å². The number of halogens is 3. The van der Waals surface area contributed by atoms with Crippen LogP contribution < -0.4 is 5.32 Å². The van der Waals surface area contributed by atoms with Crippen molar-refractivity contribution >= 4 is 23.3 Å². The number of hydrogen-bond acceptors (Lipinski definition) is 2. The number of hydrogen-bond donors (Lipinski definition) is 2. The molecule has 0 aliphatic rings. The Morgan fingerprint density at radius 3 is 2.43 bits per heavy atom. The Morgan fingerprint density at radius 1 is 1.19 bits per heavy atom. The molecule has 0 amide bonds. The van der Waals surface area contributed by atoms with E-state index >= 15 is 0 Å². The fraction of sp³-hybridized carbons (Fsp3) is 0.133. The highest BCUT2D eigenvalue weighted by Gasteiger charge is 2.37. The fourth-order valence-electron chi connectivity index (χ4n) is 1.99. The van der Waals surface area contributed by atoms with Crippen LogP contribution in [0.5, 0.6) is 0 Å². The highest BCUT2D eigenvalue weighted by atomic mass is 35.5. The maximum atomic E-state index is 13.2. The molecule has 6 heteroatoms. The minimum absolute atomic E-state index is 0.0243. The Hall–Kier alpha value is -2.14. The highest BCUT2D eigenvalue weighted by molar-refractivity contribution is 6.31. The molecule has 0 spiro atoms. The summed E-state index contributed by atoms with van der Waals surface area (Å²) in [7, 11) is 0. The van der Waals surface area contributed by atoms with Gasteiger partial charge in [-0.25, -0.2) is 13.6 Å². The molecule has 0 aromatic heterocycles. The van der Waals surface area contributed by atoms with Crippen molar-refractivity contribution < 1.29 is 18.7 Å². The van der Waals surface area contributed by atoms with Crippen LogP contribution in [0, 0.1) is 11.6 Å². The molecule has 0 bridgehead atoms. The Balaban J connectivity index is 2.48. The molecule has 2 rings (SSSR count). The second-order valence-corrected chi connectivity index (χ2v) is 5.10. The van der Waals surface area contributed by atoms with E-state index in [0.29, 0.717) is 0 Å². The first kappa shape index (κ1) is 15.3. The van der Waals surface area contributed by atoms with Crippen LogP contribution in [0.2, 0.25) is 5.02 Å². The first-order chi connectivity index (χ1) is 9.83. The van der Waals surface area contributed by atoms with Crippen LogP contribution in [0.3, 0.4) is 0 Å². The third-order valence-corrected chi connectivity index (χ3v) is 3.43. The minimum atomic E-state index is -1.63. The molecule has 0 saturated heterocycles. The van der Waals surface area contributed by atoms with Crippen molar-refractivity contribution in [2.45, 2.75) is 12.5 Å². The van der Waals surface area contributed by atoms with Gasteiger partial charge < -0.3 is 10.4 Å². The summed E-state index contributed by atoms with van der Waals surface area (Å²) in [5.41, 5.74) is -1.17. The summed E-state index contributed by atoms with van der Waals surface area (Å²) in [5, 5.41) is 12.2.